The van der Waals surface area contributed by atoms with E-state index in [1.165, 1.54) is 6.92 Å². The zero-order chi connectivity index (χ0) is 11.4. The highest BCUT2D eigenvalue weighted by Gasteiger charge is 2.07. The molecule has 0 aliphatic carbocycles. The van der Waals surface area contributed by atoms with E-state index >= 15 is 0 Å². The van der Waals surface area contributed by atoms with Crippen LogP contribution in [0.5, 0.6) is 11.5 Å². The van der Waals surface area contributed by atoms with Crippen LogP contribution in [-0.2, 0) is 4.79 Å². The van der Waals surface area contributed by atoms with Crippen LogP contribution in [0, 0.1) is 13.8 Å². The van der Waals surface area contributed by atoms with Crippen molar-refractivity contribution in [1.29, 1.82) is 0 Å². The number of hydrogen-bond acceptors (Lipinski definition) is 3. The van der Waals surface area contributed by atoms with Gasteiger partial charge in [0.05, 0.1) is 7.11 Å². The van der Waals surface area contributed by atoms with Gasteiger partial charge in [-0.3, -0.25) is 4.79 Å². The van der Waals surface area contributed by atoms with Crippen molar-refractivity contribution in [2.75, 3.05) is 13.7 Å². The first-order chi connectivity index (χ1) is 7.04. The van der Waals surface area contributed by atoms with Crippen LogP contribution in [0.4, 0.5) is 0 Å². The first-order valence-corrected chi connectivity index (χ1v) is 4.82. The van der Waals surface area contributed by atoms with Gasteiger partial charge in [-0.05, 0) is 44.0 Å². The Labute approximate surface area is 90.0 Å². The minimum absolute atomic E-state index is 0.0182. The predicted molar refractivity (Wildman–Crippen MR) is 58.6 cm³/mol. The average Bonchev–Trinajstić information content (AvgIpc) is 2.15. The zero-order valence-electron chi connectivity index (χ0n) is 9.59. The number of hydrogen-bond donors (Lipinski definition) is 0. The van der Waals surface area contributed by atoms with E-state index in [2.05, 4.69) is 0 Å². The van der Waals surface area contributed by atoms with Gasteiger partial charge < -0.3 is 9.47 Å². The minimum Gasteiger partial charge on any atom is -0.497 e. The van der Waals surface area contributed by atoms with Crippen molar-refractivity contribution in [3.8, 4) is 11.5 Å². The van der Waals surface area contributed by atoms with Crippen LogP contribution in [0.15, 0.2) is 12.1 Å². The monoisotopic (exact) mass is 208 g/mol. The number of carbonyl (C=O) groups is 1. The van der Waals surface area contributed by atoms with Crippen molar-refractivity contribution in [2.24, 2.45) is 0 Å². The Morgan fingerprint density at radius 3 is 2.20 bits per heavy atom. The lowest BCUT2D eigenvalue weighted by Gasteiger charge is -2.12. The molecule has 0 bridgehead atoms. The average molecular weight is 208 g/mol. The number of carbonyl (C=O) groups excluding carboxylic acids is 1. The van der Waals surface area contributed by atoms with E-state index < -0.39 is 0 Å². The van der Waals surface area contributed by atoms with E-state index in [9.17, 15) is 4.79 Å². The van der Waals surface area contributed by atoms with Crippen LogP contribution in [-0.4, -0.2) is 19.5 Å². The van der Waals surface area contributed by atoms with Crippen molar-refractivity contribution in [1.82, 2.24) is 0 Å². The van der Waals surface area contributed by atoms with Gasteiger partial charge in [-0.2, -0.15) is 0 Å². The number of Topliss-reactive ketones (excluding diaryl/α,β-unsaturated/α-hetero) is 1. The molecule has 0 amide bonds. The van der Waals surface area contributed by atoms with Crippen molar-refractivity contribution >= 4 is 5.78 Å². The third-order valence-electron chi connectivity index (χ3n) is 2.09. The van der Waals surface area contributed by atoms with Gasteiger partial charge in [0.2, 0.25) is 0 Å². The number of ketones is 1. The molecule has 0 saturated heterocycles. The Morgan fingerprint density at radius 2 is 1.80 bits per heavy atom. The summed E-state index contributed by atoms with van der Waals surface area (Å²) in [6, 6.07) is 3.78. The van der Waals surface area contributed by atoms with Gasteiger partial charge in [-0.1, -0.05) is 0 Å². The first kappa shape index (κ1) is 11.6. The summed E-state index contributed by atoms with van der Waals surface area (Å²) in [6.07, 6.45) is 0. The molecule has 0 radical (unpaired) electrons. The largest absolute Gasteiger partial charge is 0.497 e. The highest BCUT2D eigenvalue weighted by Crippen LogP contribution is 2.28. The molecule has 82 valence electrons. The highest BCUT2D eigenvalue weighted by atomic mass is 16.5. The third-order valence-corrected chi connectivity index (χ3v) is 2.09. The van der Waals surface area contributed by atoms with Gasteiger partial charge in [0.1, 0.15) is 18.1 Å². The standard InChI is InChI=1S/C12H16O3/c1-8-5-11(14-4)6-9(2)12(8)15-7-10(3)13/h5-6H,7H2,1-4H3. The van der Waals surface area contributed by atoms with Crippen molar-refractivity contribution < 1.29 is 14.3 Å². The molecule has 0 aromatic heterocycles. The predicted octanol–water partition coefficient (Wildman–Crippen LogP) is 2.28. The third kappa shape index (κ3) is 2.98. The van der Waals surface area contributed by atoms with Crippen LogP contribution in [0.3, 0.4) is 0 Å². The Hall–Kier alpha value is -1.51. The van der Waals surface area contributed by atoms with Gasteiger partial charge in [0.15, 0.2) is 5.78 Å². The molecule has 0 unspecified atom stereocenters. The van der Waals surface area contributed by atoms with E-state index in [1.54, 1.807) is 7.11 Å². The van der Waals surface area contributed by atoms with Crippen LogP contribution >= 0.6 is 0 Å². The number of methoxy groups -OCH3 is 1. The van der Waals surface area contributed by atoms with E-state index in [0.717, 1.165) is 22.6 Å². The van der Waals surface area contributed by atoms with Crippen molar-refractivity contribution in [3.05, 3.63) is 23.3 Å². The van der Waals surface area contributed by atoms with E-state index in [1.807, 2.05) is 26.0 Å². The summed E-state index contributed by atoms with van der Waals surface area (Å²) in [5.74, 6) is 1.59. The summed E-state index contributed by atoms with van der Waals surface area (Å²) in [7, 11) is 1.63. The number of ether oxygens (including phenoxy) is 2. The van der Waals surface area contributed by atoms with Gasteiger partial charge in [0, 0.05) is 0 Å². The van der Waals surface area contributed by atoms with Gasteiger partial charge in [-0.25, -0.2) is 0 Å². The smallest absolute Gasteiger partial charge is 0.167 e. The summed E-state index contributed by atoms with van der Waals surface area (Å²) < 4.78 is 10.6. The fraction of sp³-hybridized carbons (Fsp3) is 0.417. The van der Waals surface area contributed by atoms with Crippen molar-refractivity contribution in [3.63, 3.8) is 0 Å². The van der Waals surface area contributed by atoms with E-state index in [4.69, 9.17) is 9.47 Å². The van der Waals surface area contributed by atoms with Crippen LogP contribution in [0.25, 0.3) is 0 Å². The van der Waals surface area contributed by atoms with Crippen LogP contribution in [0.1, 0.15) is 18.1 Å². The molecule has 0 heterocycles. The molecule has 0 fully saturated rings. The molecule has 3 heteroatoms. The lowest BCUT2D eigenvalue weighted by molar-refractivity contribution is -0.118. The molecule has 0 saturated carbocycles. The number of rotatable bonds is 4. The molecule has 15 heavy (non-hydrogen) atoms. The first-order valence-electron chi connectivity index (χ1n) is 4.82. The molecule has 0 aliphatic rings. The van der Waals surface area contributed by atoms with Crippen LogP contribution in [0.2, 0.25) is 0 Å². The molecule has 3 nitrogen and oxygen atoms in total. The molecule has 1 rings (SSSR count). The normalized spacial score (nSPS) is 9.87. The van der Waals surface area contributed by atoms with Gasteiger partial charge >= 0.3 is 0 Å². The maximum Gasteiger partial charge on any atom is 0.167 e. The molecule has 0 N–H and O–H groups in total. The quantitative estimate of drug-likeness (QED) is 0.761. The topological polar surface area (TPSA) is 35.5 Å². The zero-order valence-corrected chi connectivity index (χ0v) is 9.59. The summed E-state index contributed by atoms with van der Waals surface area (Å²) in [4.78, 5) is 10.8. The molecule has 1 aromatic carbocycles. The van der Waals surface area contributed by atoms with Gasteiger partial charge in [-0.15, -0.1) is 0 Å². The summed E-state index contributed by atoms with van der Waals surface area (Å²) in [5.41, 5.74) is 1.96. The summed E-state index contributed by atoms with van der Waals surface area (Å²) in [5, 5.41) is 0. The molecular formula is C12H16O3. The minimum atomic E-state index is 0.0182. The van der Waals surface area contributed by atoms with Gasteiger partial charge in [0.25, 0.3) is 0 Å². The maximum atomic E-state index is 10.8. The van der Waals surface area contributed by atoms with E-state index in [-0.39, 0.29) is 12.4 Å². The van der Waals surface area contributed by atoms with E-state index in [0.29, 0.717) is 0 Å². The number of aryl methyl sites for hydroxylation is 2. The van der Waals surface area contributed by atoms with Crippen LogP contribution < -0.4 is 9.47 Å². The molecule has 0 atom stereocenters. The SMILES string of the molecule is COc1cc(C)c(OCC(C)=O)c(C)c1. The number of benzene rings is 1. The molecule has 0 aliphatic heterocycles. The fourth-order valence-corrected chi connectivity index (χ4v) is 1.43. The highest BCUT2D eigenvalue weighted by molar-refractivity contribution is 5.77. The Kier molecular flexibility index (Phi) is 3.72. The second-order valence-corrected chi connectivity index (χ2v) is 3.58. The lowest BCUT2D eigenvalue weighted by Crippen LogP contribution is -2.08. The second-order valence-electron chi connectivity index (χ2n) is 3.58. The summed E-state index contributed by atoms with van der Waals surface area (Å²) >= 11 is 0. The molecule has 0 spiro atoms. The molecule has 1 aromatic rings. The second kappa shape index (κ2) is 4.82. The molecular weight excluding hydrogens is 192 g/mol. The van der Waals surface area contributed by atoms with Crippen molar-refractivity contribution in [2.45, 2.75) is 20.8 Å². The Bertz CT molecular complexity index is 346. The maximum absolute atomic E-state index is 10.8. The Morgan fingerprint density at radius 1 is 1.27 bits per heavy atom. The fourth-order valence-electron chi connectivity index (χ4n) is 1.43. The lowest BCUT2D eigenvalue weighted by atomic mass is 10.1. The summed E-state index contributed by atoms with van der Waals surface area (Å²) in [6.45, 7) is 5.50. The Balaban J connectivity index is 2.92.